The van der Waals surface area contributed by atoms with Crippen molar-refractivity contribution in [2.75, 3.05) is 0 Å². The Labute approximate surface area is 111 Å². The minimum Gasteiger partial charge on any atom is -0.325 e. The van der Waals surface area contributed by atoms with Crippen LogP contribution >= 0.6 is 23.1 Å². The second-order valence-corrected chi connectivity index (χ2v) is 5.61. The predicted octanol–water partition coefficient (Wildman–Crippen LogP) is 3.14. The number of benzene rings is 1. The molecule has 3 aromatic rings. The average molecular weight is 279 g/mol. The number of rotatable bonds is 3. The molecule has 0 aliphatic heterocycles. The molecule has 92 valence electrons. The third-order valence-electron chi connectivity index (χ3n) is 2.55. The fourth-order valence-corrected chi connectivity index (χ4v) is 3.41. The maximum Gasteiger partial charge on any atom is 0.194 e. The Bertz CT molecular complexity index is 672. The molecule has 3 nitrogen and oxygen atoms in total. The first kappa shape index (κ1) is 11.7. The number of hydrogen-bond donors (Lipinski definition) is 1. The Morgan fingerprint density at radius 2 is 2.11 bits per heavy atom. The van der Waals surface area contributed by atoms with Gasteiger partial charge < -0.3 is 5.73 Å². The van der Waals surface area contributed by atoms with Gasteiger partial charge in [-0.3, -0.25) is 4.40 Å². The Morgan fingerprint density at radius 1 is 1.33 bits per heavy atom. The van der Waals surface area contributed by atoms with Gasteiger partial charge in [0.05, 0.1) is 5.69 Å². The number of hydrogen-bond acceptors (Lipinski definition) is 4. The van der Waals surface area contributed by atoms with Crippen molar-refractivity contribution in [3.63, 3.8) is 0 Å². The zero-order valence-corrected chi connectivity index (χ0v) is 11.0. The van der Waals surface area contributed by atoms with Gasteiger partial charge in [-0.15, -0.1) is 11.3 Å². The predicted molar refractivity (Wildman–Crippen MR) is 71.5 cm³/mol. The van der Waals surface area contributed by atoms with Gasteiger partial charge >= 0.3 is 0 Å². The van der Waals surface area contributed by atoms with Gasteiger partial charge in [-0.25, -0.2) is 9.37 Å². The van der Waals surface area contributed by atoms with E-state index in [9.17, 15) is 4.39 Å². The summed E-state index contributed by atoms with van der Waals surface area (Å²) < 4.78 is 14.8. The van der Waals surface area contributed by atoms with Crippen molar-refractivity contribution in [2.24, 2.45) is 5.73 Å². The molecular weight excluding hydrogens is 269 g/mol. The van der Waals surface area contributed by atoms with Crippen molar-refractivity contribution in [3.8, 4) is 0 Å². The van der Waals surface area contributed by atoms with E-state index in [1.54, 1.807) is 23.5 Å². The van der Waals surface area contributed by atoms with Gasteiger partial charge in [-0.2, -0.15) is 0 Å². The minimum absolute atomic E-state index is 0.232. The highest BCUT2D eigenvalue weighted by molar-refractivity contribution is 7.99. The largest absolute Gasteiger partial charge is 0.325 e. The first-order valence-corrected chi connectivity index (χ1v) is 7.05. The molecule has 2 heterocycles. The summed E-state index contributed by atoms with van der Waals surface area (Å²) in [6.45, 7) is 0.432. The number of aromatic nitrogens is 2. The van der Waals surface area contributed by atoms with Crippen LogP contribution in [0.4, 0.5) is 4.39 Å². The summed E-state index contributed by atoms with van der Waals surface area (Å²) in [4.78, 5) is 6.42. The van der Waals surface area contributed by atoms with Crippen LogP contribution in [0.15, 0.2) is 45.8 Å². The standard InChI is InChI=1S/C12H10FN3S2/c13-8-1-3-9(4-2-8)18-11-10(7-14)16-5-6-17-12(16)15-11/h1-6H,7,14H2. The third kappa shape index (κ3) is 2.03. The van der Waals surface area contributed by atoms with E-state index < -0.39 is 0 Å². The Morgan fingerprint density at radius 3 is 2.83 bits per heavy atom. The Hall–Kier alpha value is -1.37. The van der Waals surface area contributed by atoms with E-state index in [1.165, 1.54) is 23.9 Å². The van der Waals surface area contributed by atoms with Crippen LogP contribution in [-0.2, 0) is 6.54 Å². The summed E-state index contributed by atoms with van der Waals surface area (Å²) in [5.41, 5.74) is 6.76. The lowest BCUT2D eigenvalue weighted by molar-refractivity contribution is 0.626. The zero-order chi connectivity index (χ0) is 12.5. The highest BCUT2D eigenvalue weighted by Crippen LogP contribution is 2.31. The molecule has 0 atom stereocenters. The molecule has 0 unspecified atom stereocenters. The Balaban J connectivity index is 1.98. The van der Waals surface area contributed by atoms with Crippen LogP contribution in [-0.4, -0.2) is 9.38 Å². The van der Waals surface area contributed by atoms with E-state index in [0.29, 0.717) is 6.54 Å². The van der Waals surface area contributed by atoms with Gasteiger partial charge in [0.1, 0.15) is 10.8 Å². The lowest BCUT2D eigenvalue weighted by Crippen LogP contribution is -2.00. The number of thiazole rings is 1. The molecule has 0 amide bonds. The molecule has 0 bridgehead atoms. The van der Waals surface area contributed by atoms with E-state index in [0.717, 1.165) is 20.6 Å². The molecule has 18 heavy (non-hydrogen) atoms. The molecule has 1 aromatic carbocycles. The van der Waals surface area contributed by atoms with Gasteiger partial charge in [0.25, 0.3) is 0 Å². The molecule has 2 aromatic heterocycles. The van der Waals surface area contributed by atoms with Crippen molar-refractivity contribution in [3.05, 3.63) is 47.4 Å². The van der Waals surface area contributed by atoms with E-state index >= 15 is 0 Å². The molecule has 0 aliphatic carbocycles. The van der Waals surface area contributed by atoms with Crippen LogP contribution < -0.4 is 5.73 Å². The molecule has 0 fully saturated rings. The first-order chi connectivity index (χ1) is 8.78. The van der Waals surface area contributed by atoms with Crippen molar-refractivity contribution in [1.82, 2.24) is 9.38 Å². The number of halogens is 1. The summed E-state index contributed by atoms with van der Waals surface area (Å²) in [6, 6.07) is 6.38. The highest BCUT2D eigenvalue weighted by Gasteiger charge is 2.12. The summed E-state index contributed by atoms with van der Waals surface area (Å²) >= 11 is 3.08. The number of nitrogens with zero attached hydrogens (tertiary/aromatic N) is 2. The second kappa shape index (κ2) is 4.72. The lowest BCUT2D eigenvalue weighted by atomic mass is 10.4. The van der Waals surface area contributed by atoms with Gasteiger partial charge in [0, 0.05) is 23.0 Å². The van der Waals surface area contributed by atoms with Crippen LogP contribution in [0.25, 0.3) is 4.96 Å². The molecule has 0 aliphatic rings. The molecule has 3 rings (SSSR count). The topological polar surface area (TPSA) is 43.3 Å². The summed E-state index contributed by atoms with van der Waals surface area (Å²) in [5, 5.41) is 2.87. The van der Waals surface area contributed by atoms with Gasteiger partial charge in [-0.1, -0.05) is 11.8 Å². The van der Waals surface area contributed by atoms with Crippen LogP contribution in [0.2, 0.25) is 0 Å². The highest BCUT2D eigenvalue weighted by atomic mass is 32.2. The zero-order valence-electron chi connectivity index (χ0n) is 9.34. The van der Waals surface area contributed by atoms with Gasteiger partial charge in [-0.05, 0) is 24.3 Å². The van der Waals surface area contributed by atoms with Crippen molar-refractivity contribution in [1.29, 1.82) is 0 Å². The molecule has 0 spiro atoms. The maximum atomic E-state index is 12.8. The van der Waals surface area contributed by atoms with Crippen LogP contribution in [0.3, 0.4) is 0 Å². The van der Waals surface area contributed by atoms with Crippen molar-refractivity contribution < 1.29 is 4.39 Å². The SMILES string of the molecule is NCc1c(Sc2ccc(F)cc2)nc2sccn12. The second-order valence-electron chi connectivity index (χ2n) is 3.68. The minimum atomic E-state index is -0.232. The summed E-state index contributed by atoms with van der Waals surface area (Å²) in [6.07, 6.45) is 1.96. The molecule has 0 saturated heterocycles. The fourth-order valence-electron chi connectivity index (χ4n) is 1.69. The first-order valence-electron chi connectivity index (χ1n) is 5.36. The van der Waals surface area contributed by atoms with Crippen molar-refractivity contribution >= 4 is 28.1 Å². The van der Waals surface area contributed by atoms with Crippen molar-refractivity contribution in [2.45, 2.75) is 16.5 Å². The third-order valence-corrected chi connectivity index (χ3v) is 4.33. The quantitative estimate of drug-likeness (QED) is 0.801. The van der Waals surface area contributed by atoms with Crippen LogP contribution in [0.1, 0.15) is 5.69 Å². The number of nitrogens with two attached hydrogens (primary N) is 1. The molecule has 6 heteroatoms. The lowest BCUT2D eigenvalue weighted by Gasteiger charge is -2.01. The number of imidazole rings is 1. The number of fused-ring (bicyclic) bond motifs is 1. The maximum absolute atomic E-state index is 12.8. The van der Waals surface area contributed by atoms with E-state index in [4.69, 9.17) is 5.73 Å². The summed E-state index contributed by atoms with van der Waals surface area (Å²) in [7, 11) is 0. The van der Waals surface area contributed by atoms with E-state index in [-0.39, 0.29) is 5.82 Å². The van der Waals surface area contributed by atoms with Gasteiger partial charge in [0.2, 0.25) is 0 Å². The van der Waals surface area contributed by atoms with E-state index in [2.05, 4.69) is 4.98 Å². The molecule has 2 N–H and O–H groups in total. The normalized spacial score (nSPS) is 11.2. The fraction of sp³-hybridized carbons (Fsp3) is 0.0833. The van der Waals surface area contributed by atoms with E-state index in [1.807, 2.05) is 16.0 Å². The smallest absolute Gasteiger partial charge is 0.194 e. The average Bonchev–Trinajstić information content (AvgIpc) is 2.92. The molecule has 0 saturated carbocycles. The van der Waals surface area contributed by atoms with Gasteiger partial charge in [0.15, 0.2) is 4.96 Å². The molecular formula is C12H10FN3S2. The van der Waals surface area contributed by atoms with Crippen LogP contribution in [0.5, 0.6) is 0 Å². The molecule has 0 radical (unpaired) electrons. The Kier molecular flexibility index (Phi) is 3.07. The monoisotopic (exact) mass is 279 g/mol. The van der Waals surface area contributed by atoms with Crippen LogP contribution in [0, 0.1) is 5.82 Å². The summed E-state index contributed by atoms with van der Waals surface area (Å²) in [5.74, 6) is -0.232.